The summed E-state index contributed by atoms with van der Waals surface area (Å²) >= 11 is 3.47. The number of hydrogen-bond donors (Lipinski definition) is 0. The molecule has 0 heterocycles. The molecule has 0 saturated carbocycles. The van der Waals surface area contributed by atoms with Gasteiger partial charge in [-0.1, -0.05) is 64.0 Å². The molecule has 0 aliphatic heterocycles. The Hall–Kier alpha value is -1.41. The molecule has 0 aromatic heterocycles. The Bertz CT molecular complexity index is 543. The largest absolute Gasteiger partial charge is 0.299 e. The van der Waals surface area contributed by atoms with Gasteiger partial charge in [0.05, 0.1) is 0 Å². The molecule has 0 atom stereocenters. The van der Waals surface area contributed by atoms with Crippen molar-refractivity contribution >= 4 is 21.7 Å². The smallest absolute Gasteiger partial charge is 0.141 e. The number of carbonyl (C=O) groups is 1. The van der Waals surface area contributed by atoms with Gasteiger partial charge in [0.15, 0.2) is 0 Å². The molecule has 0 amide bonds. The van der Waals surface area contributed by atoms with Gasteiger partial charge in [-0.3, -0.25) is 4.79 Å². The van der Waals surface area contributed by atoms with Crippen LogP contribution in [0, 0.1) is 6.92 Å². The van der Waals surface area contributed by atoms with Crippen molar-refractivity contribution in [2.75, 3.05) is 0 Å². The molecule has 0 spiro atoms. The Kier molecular flexibility index (Phi) is 4.32. The van der Waals surface area contributed by atoms with E-state index in [9.17, 15) is 4.79 Å². The fraction of sp³-hybridized carbons (Fsp3) is 0.188. The first-order valence-electron chi connectivity index (χ1n) is 5.96. The molecule has 0 aliphatic rings. The lowest BCUT2D eigenvalue weighted by Gasteiger charge is -2.04. The van der Waals surface area contributed by atoms with Crippen LogP contribution < -0.4 is 0 Å². The fourth-order valence-electron chi connectivity index (χ4n) is 1.85. The first kappa shape index (κ1) is 13.0. The molecule has 1 nitrogen and oxygen atoms in total. The van der Waals surface area contributed by atoms with Gasteiger partial charge in [-0.2, -0.15) is 0 Å². The normalized spacial score (nSPS) is 10.3. The summed E-state index contributed by atoms with van der Waals surface area (Å²) in [5.74, 6) is 0.241. The molecule has 18 heavy (non-hydrogen) atoms. The Labute approximate surface area is 116 Å². The van der Waals surface area contributed by atoms with Crippen LogP contribution in [-0.4, -0.2) is 5.78 Å². The van der Waals surface area contributed by atoms with Crippen LogP contribution in [0.1, 0.15) is 16.7 Å². The van der Waals surface area contributed by atoms with Gasteiger partial charge in [-0.15, -0.1) is 0 Å². The fourth-order valence-corrected chi connectivity index (χ4v) is 2.28. The number of aryl methyl sites for hydroxylation is 1. The Morgan fingerprint density at radius 3 is 2.33 bits per heavy atom. The third kappa shape index (κ3) is 3.54. The second-order valence-electron chi connectivity index (χ2n) is 4.47. The zero-order valence-electron chi connectivity index (χ0n) is 10.3. The predicted molar refractivity (Wildman–Crippen MR) is 77.7 cm³/mol. The second kappa shape index (κ2) is 5.96. The molecule has 2 aromatic carbocycles. The third-order valence-corrected chi connectivity index (χ3v) is 3.64. The van der Waals surface area contributed by atoms with Crippen molar-refractivity contribution in [3.8, 4) is 0 Å². The summed E-state index contributed by atoms with van der Waals surface area (Å²) in [7, 11) is 0. The number of ketones is 1. The molecule has 0 fully saturated rings. The van der Waals surface area contributed by atoms with E-state index in [0.29, 0.717) is 12.8 Å². The van der Waals surface area contributed by atoms with Crippen molar-refractivity contribution in [1.29, 1.82) is 0 Å². The minimum absolute atomic E-state index is 0.241. The van der Waals surface area contributed by atoms with E-state index in [1.807, 2.05) is 55.5 Å². The van der Waals surface area contributed by atoms with Crippen molar-refractivity contribution in [3.63, 3.8) is 0 Å². The van der Waals surface area contributed by atoms with Gasteiger partial charge in [0.2, 0.25) is 0 Å². The van der Waals surface area contributed by atoms with E-state index in [4.69, 9.17) is 0 Å². The quantitative estimate of drug-likeness (QED) is 0.830. The molecular weight excluding hydrogens is 288 g/mol. The molecular formula is C16H15BrO. The third-order valence-electron chi connectivity index (χ3n) is 2.87. The van der Waals surface area contributed by atoms with E-state index in [1.54, 1.807) is 0 Å². The maximum Gasteiger partial charge on any atom is 0.141 e. The maximum atomic E-state index is 12.0. The zero-order valence-corrected chi connectivity index (χ0v) is 11.9. The van der Waals surface area contributed by atoms with Crippen LogP contribution in [0.2, 0.25) is 0 Å². The number of rotatable bonds is 4. The van der Waals surface area contributed by atoms with Crippen LogP contribution in [0.25, 0.3) is 0 Å². The van der Waals surface area contributed by atoms with E-state index < -0.39 is 0 Å². The zero-order chi connectivity index (χ0) is 13.0. The Morgan fingerprint density at radius 1 is 1.00 bits per heavy atom. The van der Waals surface area contributed by atoms with Gasteiger partial charge in [-0.25, -0.2) is 0 Å². The highest BCUT2D eigenvalue weighted by Crippen LogP contribution is 2.17. The van der Waals surface area contributed by atoms with E-state index >= 15 is 0 Å². The average Bonchev–Trinajstić information content (AvgIpc) is 2.35. The van der Waals surface area contributed by atoms with Crippen molar-refractivity contribution < 1.29 is 4.79 Å². The SMILES string of the molecule is Cc1ccc(CC(=O)Cc2ccccc2Br)cc1. The molecule has 0 bridgehead atoms. The average molecular weight is 303 g/mol. The highest BCUT2D eigenvalue weighted by Gasteiger charge is 2.07. The first-order valence-corrected chi connectivity index (χ1v) is 6.75. The van der Waals surface area contributed by atoms with Gasteiger partial charge >= 0.3 is 0 Å². The van der Waals surface area contributed by atoms with Crippen LogP contribution in [0.4, 0.5) is 0 Å². The number of carbonyl (C=O) groups excluding carboxylic acids is 1. The molecule has 2 rings (SSSR count). The molecule has 0 aliphatic carbocycles. The molecule has 0 radical (unpaired) electrons. The first-order chi connectivity index (χ1) is 8.65. The maximum absolute atomic E-state index is 12.0. The molecule has 2 heteroatoms. The topological polar surface area (TPSA) is 17.1 Å². The van der Waals surface area contributed by atoms with E-state index in [2.05, 4.69) is 15.9 Å². The second-order valence-corrected chi connectivity index (χ2v) is 5.32. The number of benzene rings is 2. The molecule has 2 aromatic rings. The number of Topliss-reactive ketones (excluding diaryl/α,β-unsaturated/α-hetero) is 1. The summed E-state index contributed by atoms with van der Waals surface area (Å²) in [6, 6.07) is 16.0. The van der Waals surface area contributed by atoms with Crippen molar-refractivity contribution in [1.82, 2.24) is 0 Å². The predicted octanol–water partition coefficient (Wildman–Crippen LogP) is 4.11. The molecule has 0 N–H and O–H groups in total. The monoisotopic (exact) mass is 302 g/mol. The Morgan fingerprint density at radius 2 is 1.67 bits per heavy atom. The lowest BCUT2D eigenvalue weighted by atomic mass is 10.0. The van der Waals surface area contributed by atoms with Crippen molar-refractivity contribution in [3.05, 3.63) is 69.7 Å². The Balaban J connectivity index is 2.01. The lowest BCUT2D eigenvalue weighted by Crippen LogP contribution is -2.06. The standard InChI is InChI=1S/C16H15BrO/c1-12-6-8-13(9-7-12)10-15(18)11-14-4-2-3-5-16(14)17/h2-9H,10-11H2,1H3. The van der Waals surface area contributed by atoms with Gasteiger partial charge < -0.3 is 0 Å². The van der Waals surface area contributed by atoms with E-state index in [1.165, 1.54) is 5.56 Å². The van der Waals surface area contributed by atoms with Crippen LogP contribution >= 0.6 is 15.9 Å². The van der Waals surface area contributed by atoms with Gasteiger partial charge in [-0.05, 0) is 24.1 Å². The number of halogens is 1. The highest BCUT2D eigenvalue weighted by atomic mass is 79.9. The summed E-state index contributed by atoms with van der Waals surface area (Å²) in [6.07, 6.45) is 0.983. The van der Waals surface area contributed by atoms with Crippen molar-refractivity contribution in [2.45, 2.75) is 19.8 Å². The van der Waals surface area contributed by atoms with Crippen LogP contribution in [0.5, 0.6) is 0 Å². The van der Waals surface area contributed by atoms with Gasteiger partial charge in [0, 0.05) is 17.3 Å². The van der Waals surface area contributed by atoms with Crippen molar-refractivity contribution in [2.24, 2.45) is 0 Å². The molecule has 92 valence electrons. The van der Waals surface area contributed by atoms with E-state index in [0.717, 1.165) is 15.6 Å². The summed E-state index contributed by atoms with van der Waals surface area (Å²) in [5.41, 5.74) is 3.35. The van der Waals surface area contributed by atoms with E-state index in [-0.39, 0.29) is 5.78 Å². The summed E-state index contributed by atoms with van der Waals surface area (Å²) in [4.78, 5) is 12.0. The van der Waals surface area contributed by atoms with Crippen LogP contribution in [-0.2, 0) is 17.6 Å². The molecule has 0 unspecified atom stereocenters. The summed E-state index contributed by atoms with van der Waals surface area (Å²) < 4.78 is 1.00. The summed E-state index contributed by atoms with van der Waals surface area (Å²) in [5, 5.41) is 0. The summed E-state index contributed by atoms with van der Waals surface area (Å²) in [6.45, 7) is 2.05. The van der Waals surface area contributed by atoms with Crippen LogP contribution in [0.3, 0.4) is 0 Å². The minimum Gasteiger partial charge on any atom is -0.299 e. The van der Waals surface area contributed by atoms with Gasteiger partial charge in [0.1, 0.15) is 5.78 Å². The lowest BCUT2D eigenvalue weighted by molar-refractivity contribution is -0.117. The van der Waals surface area contributed by atoms with Crippen LogP contribution in [0.15, 0.2) is 53.0 Å². The van der Waals surface area contributed by atoms with Gasteiger partial charge in [0.25, 0.3) is 0 Å². The molecule has 0 saturated heterocycles. The number of hydrogen-bond acceptors (Lipinski definition) is 1. The highest BCUT2D eigenvalue weighted by molar-refractivity contribution is 9.10. The minimum atomic E-state index is 0.241.